The van der Waals surface area contributed by atoms with E-state index in [4.69, 9.17) is 18.6 Å². The summed E-state index contributed by atoms with van der Waals surface area (Å²) in [6.07, 6.45) is -0.988. The standard InChI is InChI=1S/C18H18O7/c1-10(2)16(20)23-13-8-11-6-7-15(19)22-12(11)9-14(13)24-17(21)25-18(3,4)5/h6-9H,1H2,2-5H3. The highest BCUT2D eigenvalue weighted by molar-refractivity contribution is 5.90. The van der Waals surface area contributed by atoms with Gasteiger partial charge in [-0.1, -0.05) is 6.58 Å². The molecule has 1 aromatic carbocycles. The third-order valence-electron chi connectivity index (χ3n) is 2.82. The molecule has 0 saturated carbocycles. The first-order valence-electron chi connectivity index (χ1n) is 7.41. The van der Waals surface area contributed by atoms with Gasteiger partial charge < -0.3 is 18.6 Å². The number of carbonyl (C=O) groups is 2. The summed E-state index contributed by atoms with van der Waals surface area (Å²) in [4.78, 5) is 35.1. The molecular formula is C18H18O7. The van der Waals surface area contributed by atoms with Crippen molar-refractivity contribution in [3.63, 3.8) is 0 Å². The Morgan fingerprint density at radius 3 is 2.32 bits per heavy atom. The summed E-state index contributed by atoms with van der Waals surface area (Å²) < 4.78 is 20.4. The van der Waals surface area contributed by atoms with Crippen molar-refractivity contribution in [1.82, 2.24) is 0 Å². The fourth-order valence-corrected chi connectivity index (χ4v) is 1.78. The molecule has 0 fully saturated rings. The van der Waals surface area contributed by atoms with Crippen LogP contribution in [0, 0.1) is 0 Å². The van der Waals surface area contributed by atoms with Crippen LogP contribution in [0.15, 0.2) is 45.6 Å². The van der Waals surface area contributed by atoms with Crippen LogP contribution in [0.1, 0.15) is 27.7 Å². The van der Waals surface area contributed by atoms with E-state index in [9.17, 15) is 14.4 Å². The Labute approximate surface area is 143 Å². The van der Waals surface area contributed by atoms with Gasteiger partial charge in [-0.05, 0) is 39.8 Å². The van der Waals surface area contributed by atoms with E-state index in [1.807, 2.05) is 0 Å². The Hall–Kier alpha value is -3.09. The molecule has 0 N–H and O–H groups in total. The van der Waals surface area contributed by atoms with Crippen molar-refractivity contribution in [1.29, 1.82) is 0 Å². The highest BCUT2D eigenvalue weighted by Crippen LogP contribution is 2.33. The van der Waals surface area contributed by atoms with E-state index in [1.54, 1.807) is 20.8 Å². The molecular weight excluding hydrogens is 328 g/mol. The number of carbonyl (C=O) groups excluding carboxylic acids is 2. The maximum absolute atomic E-state index is 11.9. The molecule has 7 nitrogen and oxygen atoms in total. The lowest BCUT2D eigenvalue weighted by molar-refractivity contribution is -0.130. The van der Waals surface area contributed by atoms with E-state index in [0.29, 0.717) is 5.39 Å². The molecule has 0 bridgehead atoms. The smallest absolute Gasteiger partial charge is 0.428 e. The zero-order chi connectivity index (χ0) is 18.8. The van der Waals surface area contributed by atoms with Crippen molar-refractivity contribution in [3.05, 3.63) is 46.8 Å². The summed E-state index contributed by atoms with van der Waals surface area (Å²) in [7, 11) is 0. The van der Waals surface area contributed by atoms with Gasteiger partial charge in [-0.2, -0.15) is 0 Å². The lowest BCUT2D eigenvalue weighted by Crippen LogP contribution is -2.26. The van der Waals surface area contributed by atoms with Gasteiger partial charge in [-0.15, -0.1) is 0 Å². The molecule has 0 spiro atoms. The van der Waals surface area contributed by atoms with E-state index in [-0.39, 0.29) is 22.7 Å². The first kappa shape index (κ1) is 18.3. The maximum Gasteiger partial charge on any atom is 0.514 e. The Bertz CT molecular complexity index is 900. The van der Waals surface area contributed by atoms with Crippen LogP contribution in [0.25, 0.3) is 11.0 Å². The molecule has 0 amide bonds. The molecule has 2 rings (SSSR count). The number of fused-ring (bicyclic) bond motifs is 1. The van der Waals surface area contributed by atoms with Gasteiger partial charge in [0.15, 0.2) is 11.5 Å². The second-order valence-electron chi connectivity index (χ2n) is 6.33. The Kier molecular flexibility index (Phi) is 4.97. The molecule has 1 aromatic heterocycles. The average molecular weight is 346 g/mol. The number of ether oxygens (including phenoxy) is 3. The highest BCUT2D eigenvalue weighted by Gasteiger charge is 2.21. The summed E-state index contributed by atoms with van der Waals surface area (Å²) in [5.41, 5.74) is -0.999. The normalized spacial score (nSPS) is 11.0. The van der Waals surface area contributed by atoms with Crippen LogP contribution < -0.4 is 15.1 Å². The number of hydrogen-bond donors (Lipinski definition) is 0. The van der Waals surface area contributed by atoms with Crippen LogP contribution in [-0.4, -0.2) is 17.7 Å². The Morgan fingerprint density at radius 2 is 1.72 bits per heavy atom. The molecule has 0 atom stereocenters. The van der Waals surface area contributed by atoms with Gasteiger partial charge in [0.05, 0.1) is 0 Å². The minimum Gasteiger partial charge on any atom is -0.428 e. The molecule has 2 aromatic rings. The van der Waals surface area contributed by atoms with Crippen molar-refractivity contribution in [2.45, 2.75) is 33.3 Å². The van der Waals surface area contributed by atoms with Crippen LogP contribution >= 0.6 is 0 Å². The summed E-state index contributed by atoms with van der Waals surface area (Å²) in [6, 6.07) is 5.41. The van der Waals surface area contributed by atoms with Crippen molar-refractivity contribution in [2.75, 3.05) is 0 Å². The largest absolute Gasteiger partial charge is 0.514 e. The van der Waals surface area contributed by atoms with E-state index < -0.39 is 23.4 Å². The second-order valence-corrected chi connectivity index (χ2v) is 6.33. The van der Waals surface area contributed by atoms with E-state index in [2.05, 4.69) is 6.58 Å². The molecule has 0 aliphatic carbocycles. The molecule has 132 valence electrons. The van der Waals surface area contributed by atoms with Crippen molar-refractivity contribution in [2.24, 2.45) is 0 Å². The van der Waals surface area contributed by atoms with Crippen LogP contribution in [0.2, 0.25) is 0 Å². The van der Waals surface area contributed by atoms with Crippen molar-refractivity contribution in [3.8, 4) is 11.5 Å². The topological polar surface area (TPSA) is 92.0 Å². The van der Waals surface area contributed by atoms with Crippen molar-refractivity contribution < 1.29 is 28.2 Å². The summed E-state index contributed by atoms with van der Waals surface area (Å²) in [6.45, 7) is 10.0. The SMILES string of the molecule is C=C(C)C(=O)Oc1cc2ccc(=O)oc2cc1OC(=O)OC(C)(C)C. The van der Waals surface area contributed by atoms with Crippen molar-refractivity contribution >= 4 is 23.1 Å². The lowest BCUT2D eigenvalue weighted by Gasteiger charge is -2.19. The second kappa shape index (κ2) is 6.80. The molecule has 0 unspecified atom stereocenters. The summed E-state index contributed by atoms with van der Waals surface area (Å²) >= 11 is 0. The minimum absolute atomic E-state index is 0.0276. The third kappa shape index (κ3) is 4.94. The highest BCUT2D eigenvalue weighted by atomic mass is 16.7. The predicted octanol–water partition coefficient (Wildman–Crippen LogP) is 3.59. The molecule has 1 heterocycles. The third-order valence-corrected chi connectivity index (χ3v) is 2.82. The number of rotatable bonds is 3. The van der Waals surface area contributed by atoms with Crippen LogP contribution in [0.3, 0.4) is 0 Å². The predicted molar refractivity (Wildman–Crippen MR) is 89.8 cm³/mol. The van der Waals surface area contributed by atoms with Gasteiger partial charge in [0.1, 0.15) is 11.2 Å². The first-order chi connectivity index (χ1) is 11.5. The summed E-state index contributed by atoms with van der Waals surface area (Å²) in [5.74, 6) is -0.836. The van der Waals surface area contributed by atoms with Gasteiger partial charge >= 0.3 is 17.8 Å². The Morgan fingerprint density at radius 1 is 1.08 bits per heavy atom. The van der Waals surface area contributed by atoms with E-state index in [0.717, 1.165) is 0 Å². The molecule has 0 aliphatic heterocycles. The number of hydrogen-bond acceptors (Lipinski definition) is 7. The van der Waals surface area contributed by atoms with Gasteiger partial charge in [-0.3, -0.25) is 0 Å². The minimum atomic E-state index is -0.988. The van der Waals surface area contributed by atoms with E-state index in [1.165, 1.54) is 31.2 Å². The quantitative estimate of drug-likeness (QED) is 0.276. The molecule has 25 heavy (non-hydrogen) atoms. The molecule has 0 saturated heterocycles. The molecule has 7 heteroatoms. The zero-order valence-electron chi connectivity index (χ0n) is 14.4. The van der Waals surface area contributed by atoms with E-state index >= 15 is 0 Å². The number of esters is 1. The summed E-state index contributed by atoms with van der Waals surface area (Å²) in [5, 5.41) is 0.487. The van der Waals surface area contributed by atoms with Gasteiger partial charge in [0, 0.05) is 23.1 Å². The van der Waals surface area contributed by atoms with Crippen LogP contribution in [-0.2, 0) is 9.53 Å². The first-order valence-corrected chi connectivity index (χ1v) is 7.41. The molecule has 0 radical (unpaired) electrons. The molecule has 0 aliphatic rings. The maximum atomic E-state index is 11.9. The van der Waals surface area contributed by atoms with Gasteiger partial charge in [0.25, 0.3) is 0 Å². The fraction of sp³-hybridized carbons (Fsp3) is 0.278. The monoisotopic (exact) mass is 346 g/mol. The van der Waals surface area contributed by atoms with Crippen LogP contribution in [0.4, 0.5) is 4.79 Å². The van der Waals surface area contributed by atoms with Gasteiger partial charge in [0.2, 0.25) is 0 Å². The van der Waals surface area contributed by atoms with Gasteiger partial charge in [-0.25, -0.2) is 14.4 Å². The Balaban J connectivity index is 2.45. The van der Waals surface area contributed by atoms with Crippen LogP contribution in [0.5, 0.6) is 11.5 Å². The lowest BCUT2D eigenvalue weighted by atomic mass is 10.2. The zero-order valence-corrected chi connectivity index (χ0v) is 14.4. The fourth-order valence-electron chi connectivity index (χ4n) is 1.78. The number of benzene rings is 1. The average Bonchev–Trinajstić information content (AvgIpc) is 2.45.